The van der Waals surface area contributed by atoms with Gasteiger partial charge in [-0.25, -0.2) is 0 Å². The summed E-state index contributed by atoms with van der Waals surface area (Å²) in [4.78, 5) is 32.4. The third-order valence-corrected chi connectivity index (χ3v) is 2.46. The van der Waals surface area contributed by atoms with Crippen LogP contribution in [-0.2, 0) is 20.8 Å². The third kappa shape index (κ3) is 5.75. The first-order valence-corrected chi connectivity index (χ1v) is 6.10. The van der Waals surface area contributed by atoms with Gasteiger partial charge in [0.1, 0.15) is 18.2 Å². The summed E-state index contributed by atoms with van der Waals surface area (Å²) in [5, 5.41) is 30.7. The first-order chi connectivity index (χ1) is 10.4. The lowest BCUT2D eigenvalue weighted by Gasteiger charge is -2.04. The lowest BCUT2D eigenvalue weighted by molar-refractivity contribution is -0.137. The summed E-state index contributed by atoms with van der Waals surface area (Å²) in [5.41, 5.74) is 0.880. The number of carboxylic acids is 2. The third-order valence-electron chi connectivity index (χ3n) is 2.46. The number of carbonyl (C=O) groups is 3. The Morgan fingerprint density at radius 1 is 1.14 bits per heavy atom. The Bertz CT molecular complexity index is 643. The Balaban J connectivity index is 2.68. The van der Waals surface area contributed by atoms with Crippen molar-refractivity contribution in [3.63, 3.8) is 0 Å². The molecule has 22 heavy (non-hydrogen) atoms. The molecule has 0 aliphatic heterocycles. The zero-order valence-corrected chi connectivity index (χ0v) is 11.4. The summed E-state index contributed by atoms with van der Waals surface area (Å²) < 4.78 is 0. The molecule has 1 rings (SSSR count). The molecule has 8 heteroatoms. The fourth-order valence-corrected chi connectivity index (χ4v) is 1.45. The van der Waals surface area contributed by atoms with Crippen LogP contribution in [0.3, 0.4) is 0 Å². The van der Waals surface area contributed by atoms with Crippen molar-refractivity contribution in [2.45, 2.75) is 6.42 Å². The second kappa shape index (κ2) is 8.06. The van der Waals surface area contributed by atoms with Crippen molar-refractivity contribution in [2.75, 3.05) is 11.9 Å². The lowest BCUT2D eigenvalue weighted by atomic mass is 10.1. The molecule has 1 aromatic carbocycles. The van der Waals surface area contributed by atoms with Crippen LogP contribution in [0, 0.1) is 11.3 Å². The van der Waals surface area contributed by atoms with Gasteiger partial charge in [-0.1, -0.05) is 12.1 Å². The summed E-state index contributed by atoms with van der Waals surface area (Å²) in [6.07, 6.45) is 1.04. The van der Waals surface area contributed by atoms with Gasteiger partial charge in [0.25, 0.3) is 5.91 Å². The summed E-state index contributed by atoms with van der Waals surface area (Å²) in [7, 11) is 0. The van der Waals surface area contributed by atoms with E-state index in [0.29, 0.717) is 11.3 Å². The van der Waals surface area contributed by atoms with E-state index in [9.17, 15) is 14.4 Å². The van der Waals surface area contributed by atoms with E-state index < -0.39 is 24.4 Å². The molecular weight excluding hydrogens is 290 g/mol. The zero-order valence-electron chi connectivity index (χ0n) is 11.4. The number of anilines is 1. The van der Waals surface area contributed by atoms with Crippen LogP contribution in [0.4, 0.5) is 5.69 Å². The second-order valence-electron chi connectivity index (χ2n) is 4.16. The van der Waals surface area contributed by atoms with Gasteiger partial charge in [0, 0.05) is 11.9 Å². The molecule has 0 saturated heterocycles. The number of carboxylic acid groups (broad SMARTS) is 2. The Morgan fingerprint density at radius 2 is 1.77 bits per heavy atom. The first-order valence-electron chi connectivity index (χ1n) is 6.10. The number of aliphatic carboxylic acids is 2. The number of nitriles is 1. The largest absolute Gasteiger partial charge is 0.481 e. The van der Waals surface area contributed by atoms with Crippen LogP contribution in [0.5, 0.6) is 0 Å². The highest BCUT2D eigenvalue weighted by atomic mass is 16.4. The predicted octanol–water partition coefficient (Wildman–Crippen LogP) is 0.334. The molecule has 0 aliphatic carbocycles. The van der Waals surface area contributed by atoms with Crippen molar-refractivity contribution in [3.05, 3.63) is 41.6 Å². The minimum atomic E-state index is -1.22. The van der Waals surface area contributed by atoms with Crippen molar-refractivity contribution >= 4 is 23.5 Å². The van der Waals surface area contributed by atoms with Crippen LogP contribution in [0.2, 0.25) is 0 Å². The molecule has 1 amide bonds. The van der Waals surface area contributed by atoms with E-state index in [1.807, 2.05) is 0 Å². The van der Waals surface area contributed by atoms with Crippen LogP contribution in [0.1, 0.15) is 5.56 Å². The standard InChI is InChI=1S/C14H13N3O5/c15-6-10(14(22)17-8-13(20)21)7-16-11-3-1-9(2-4-11)5-12(18)19/h1-4,7,16H,5,8H2,(H,17,22)(H,18,19)(H,20,21)/b10-7-. The van der Waals surface area contributed by atoms with Crippen molar-refractivity contribution in [3.8, 4) is 6.07 Å². The van der Waals surface area contributed by atoms with E-state index in [0.717, 1.165) is 6.20 Å². The fraction of sp³-hybridized carbons (Fsp3) is 0.143. The SMILES string of the molecule is N#C/C(=C/Nc1ccc(CC(=O)O)cc1)C(=O)NCC(=O)O. The van der Waals surface area contributed by atoms with Gasteiger partial charge >= 0.3 is 11.9 Å². The maximum atomic E-state index is 11.5. The number of hydrogen-bond donors (Lipinski definition) is 4. The van der Waals surface area contributed by atoms with E-state index in [4.69, 9.17) is 15.5 Å². The number of hydrogen-bond acceptors (Lipinski definition) is 5. The number of nitrogens with zero attached hydrogens (tertiary/aromatic N) is 1. The van der Waals surface area contributed by atoms with Crippen LogP contribution < -0.4 is 10.6 Å². The zero-order chi connectivity index (χ0) is 16.5. The quantitative estimate of drug-likeness (QED) is 0.420. The number of carbonyl (C=O) groups excluding carboxylic acids is 1. The normalized spacial score (nSPS) is 10.4. The van der Waals surface area contributed by atoms with Crippen molar-refractivity contribution in [1.82, 2.24) is 5.32 Å². The van der Waals surface area contributed by atoms with Gasteiger partial charge in [0.2, 0.25) is 0 Å². The molecule has 0 heterocycles. The first kappa shape index (κ1) is 16.7. The molecule has 0 aromatic heterocycles. The second-order valence-corrected chi connectivity index (χ2v) is 4.16. The van der Waals surface area contributed by atoms with Gasteiger partial charge in [-0.15, -0.1) is 0 Å². The average molecular weight is 303 g/mol. The topological polar surface area (TPSA) is 140 Å². The Kier molecular flexibility index (Phi) is 6.12. The van der Waals surface area contributed by atoms with Gasteiger partial charge < -0.3 is 20.8 Å². The lowest BCUT2D eigenvalue weighted by Crippen LogP contribution is -2.30. The molecule has 0 unspecified atom stereocenters. The molecule has 0 fully saturated rings. The van der Waals surface area contributed by atoms with Crippen LogP contribution in [0.25, 0.3) is 0 Å². The highest BCUT2D eigenvalue weighted by Crippen LogP contribution is 2.10. The van der Waals surface area contributed by atoms with E-state index in [1.54, 1.807) is 30.3 Å². The molecule has 4 N–H and O–H groups in total. The maximum absolute atomic E-state index is 11.5. The molecule has 0 bridgehead atoms. The van der Waals surface area contributed by atoms with E-state index >= 15 is 0 Å². The summed E-state index contributed by atoms with van der Waals surface area (Å²) in [6.45, 7) is -0.582. The Morgan fingerprint density at radius 3 is 2.27 bits per heavy atom. The van der Waals surface area contributed by atoms with Gasteiger partial charge in [-0.3, -0.25) is 14.4 Å². The fourth-order valence-electron chi connectivity index (χ4n) is 1.45. The average Bonchev–Trinajstić information content (AvgIpc) is 2.46. The molecule has 0 aliphatic rings. The molecule has 1 aromatic rings. The number of amides is 1. The minimum absolute atomic E-state index is 0.100. The summed E-state index contributed by atoms with van der Waals surface area (Å²) in [5.74, 6) is -2.96. The minimum Gasteiger partial charge on any atom is -0.481 e. The highest BCUT2D eigenvalue weighted by molar-refractivity contribution is 5.98. The monoisotopic (exact) mass is 303 g/mol. The summed E-state index contributed by atoms with van der Waals surface area (Å²) in [6, 6.07) is 8.04. The molecule has 0 saturated carbocycles. The van der Waals surface area contributed by atoms with Crippen LogP contribution in [0.15, 0.2) is 36.0 Å². The van der Waals surface area contributed by atoms with E-state index in [-0.39, 0.29) is 12.0 Å². The molecule has 0 atom stereocenters. The maximum Gasteiger partial charge on any atom is 0.322 e. The molecule has 0 radical (unpaired) electrons. The Labute approximate surface area is 125 Å². The van der Waals surface area contributed by atoms with Gasteiger partial charge in [0.05, 0.1) is 6.42 Å². The predicted molar refractivity (Wildman–Crippen MR) is 75.7 cm³/mol. The molecule has 114 valence electrons. The molecule has 0 spiro atoms. The van der Waals surface area contributed by atoms with Gasteiger partial charge in [0.15, 0.2) is 0 Å². The van der Waals surface area contributed by atoms with Crippen molar-refractivity contribution in [2.24, 2.45) is 0 Å². The number of rotatable bonds is 7. The van der Waals surface area contributed by atoms with Crippen LogP contribution in [-0.4, -0.2) is 34.6 Å². The highest BCUT2D eigenvalue weighted by Gasteiger charge is 2.09. The molecule has 8 nitrogen and oxygen atoms in total. The number of benzene rings is 1. The summed E-state index contributed by atoms with van der Waals surface area (Å²) >= 11 is 0. The van der Waals surface area contributed by atoms with Gasteiger partial charge in [-0.05, 0) is 17.7 Å². The van der Waals surface area contributed by atoms with Crippen molar-refractivity contribution in [1.29, 1.82) is 5.26 Å². The Hall–Kier alpha value is -3.34. The van der Waals surface area contributed by atoms with Gasteiger partial charge in [-0.2, -0.15) is 5.26 Å². The molecular formula is C14H13N3O5. The smallest absolute Gasteiger partial charge is 0.322 e. The van der Waals surface area contributed by atoms with Crippen LogP contribution >= 0.6 is 0 Å². The van der Waals surface area contributed by atoms with E-state index in [1.165, 1.54) is 0 Å². The van der Waals surface area contributed by atoms with E-state index in [2.05, 4.69) is 10.6 Å². The number of nitrogens with one attached hydrogen (secondary N) is 2. The van der Waals surface area contributed by atoms with Crippen molar-refractivity contribution < 1.29 is 24.6 Å².